The van der Waals surface area contributed by atoms with Crippen LogP contribution in [0.15, 0.2) is 36.4 Å². The number of ether oxygens (including phenoxy) is 3. The number of nitrogens with one attached hydrogen (secondary N) is 1. The predicted molar refractivity (Wildman–Crippen MR) is 188 cm³/mol. The number of hydrogen-bond acceptors (Lipinski definition) is 10. The van der Waals surface area contributed by atoms with Crippen molar-refractivity contribution in [1.29, 1.82) is 0 Å². The minimum atomic E-state index is -3.07. The lowest BCUT2D eigenvalue weighted by atomic mass is 9.82. The summed E-state index contributed by atoms with van der Waals surface area (Å²) in [6.07, 6.45) is 11.0. The van der Waals surface area contributed by atoms with E-state index in [0.29, 0.717) is 37.0 Å². The van der Waals surface area contributed by atoms with Crippen molar-refractivity contribution in [3.8, 4) is 17.6 Å². The van der Waals surface area contributed by atoms with Crippen molar-refractivity contribution < 1.29 is 58.3 Å². The number of amides is 1. The number of carboxylic acids is 2. The van der Waals surface area contributed by atoms with Crippen molar-refractivity contribution in [3.63, 3.8) is 0 Å². The number of esters is 2. The molecule has 0 aliphatic rings. The van der Waals surface area contributed by atoms with E-state index in [-0.39, 0.29) is 18.8 Å². The minimum absolute atomic E-state index is 0.159. The molecule has 13 nitrogen and oxygen atoms in total. The van der Waals surface area contributed by atoms with Gasteiger partial charge in [0.05, 0.1) is 19.4 Å². The van der Waals surface area contributed by atoms with Gasteiger partial charge in [0.15, 0.2) is 12.2 Å². The van der Waals surface area contributed by atoms with Crippen molar-refractivity contribution in [2.75, 3.05) is 20.3 Å². The van der Waals surface area contributed by atoms with Gasteiger partial charge < -0.3 is 34.8 Å². The largest absolute Gasteiger partial charge is 0.481 e. The molecular weight excluding hydrogens is 662 g/mol. The molecule has 0 saturated carbocycles. The second kappa shape index (κ2) is 25.3. The maximum atomic E-state index is 13.6. The summed E-state index contributed by atoms with van der Waals surface area (Å²) in [7, 11) is 1.09. The molecule has 0 bridgehead atoms. The Morgan fingerprint density at radius 1 is 0.922 bits per heavy atom. The van der Waals surface area contributed by atoms with Crippen LogP contribution in [-0.4, -0.2) is 82.9 Å². The van der Waals surface area contributed by atoms with Crippen LogP contribution in [0.4, 0.5) is 0 Å². The second-order valence-electron chi connectivity index (χ2n) is 12.2. The number of allylic oxidation sites excluding steroid dienone is 1. The molecule has 282 valence electrons. The number of hydrogen-bond donors (Lipinski definition) is 4. The van der Waals surface area contributed by atoms with E-state index in [1.54, 1.807) is 31.2 Å². The van der Waals surface area contributed by atoms with E-state index in [1.165, 1.54) is 12.5 Å². The number of unbranched alkanes of at least 4 members (excludes halogenated alkanes) is 8. The third kappa shape index (κ3) is 18.2. The molecule has 1 aromatic rings. The van der Waals surface area contributed by atoms with Crippen LogP contribution in [0.1, 0.15) is 103 Å². The number of rotatable bonds is 27. The Labute approximate surface area is 300 Å². The molecule has 1 amide bonds. The first-order chi connectivity index (χ1) is 24.4. The van der Waals surface area contributed by atoms with E-state index in [2.05, 4.69) is 28.8 Å². The molecular formula is C38H53NO12. The minimum Gasteiger partial charge on any atom is -0.481 e. The highest BCUT2D eigenvalue weighted by Crippen LogP contribution is 2.26. The third-order valence-electron chi connectivity index (χ3n) is 8.06. The second-order valence-corrected chi connectivity index (χ2v) is 12.2. The molecule has 51 heavy (non-hydrogen) atoms. The topological polar surface area (TPSA) is 203 Å². The molecule has 0 aliphatic heterocycles. The monoisotopic (exact) mass is 715 g/mol. The fraction of sp³-hybridized carbons (Fsp3) is 0.579. The number of ketones is 1. The van der Waals surface area contributed by atoms with Crippen LogP contribution in [0.2, 0.25) is 0 Å². The number of Topliss-reactive ketones (excluding diaryl/α,β-unsaturated/α-hetero) is 1. The first kappa shape index (κ1) is 44.3. The van der Waals surface area contributed by atoms with E-state index < -0.39 is 60.4 Å². The number of carbonyl (C=O) groups is 6. The number of carbonyl (C=O) groups excluding carboxylic acids is 4. The highest BCUT2D eigenvalue weighted by atomic mass is 16.6. The van der Waals surface area contributed by atoms with Crippen LogP contribution in [0.25, 0.3) is 0 Å². The van der Waals surface area contributed by atoms with Crippen LogP contribution in [-0.2, 0) is 44.7 Å². The Morgan fingerprint density at radius 2 is 1.55 bits per heavy atom. The van der Waals surface area contributed by atoms with Gasteiger partial charge in [-0.2, -0.15) is 0 Å². The molecule has 1 aromatic carbocycles. The van der Waals surface area contributed by atoms with Crippen molar-refractivity contribution in [3.05, 3.63) is 42.0 Å². The van der Waals surface area contributed by atoms with Gasteiger partial charge in [0.25, 0.3) is 0 Å². The smallest absolute Gasteiger partial charge is 0.344 e. The summed E-state index contributed by atoms with van der Waals surface area (Å²) in [5.74, 6) is -2.40. The predicted octanol–water partition coefficient (Wildman–Crippen LogP) is 4.57. The highest BCUT2D eigenvalue weighted by Gasteiger charge is 2.49. The van der Waals surface area contributed by atoms with E-state index in [4.69, 9.17) is 9.47 Å². The maximum absolute atomic E-state index is 13.6. The van der Waals surface area contributed by atoms with Gasteiger partial charge in [0, 0.05) is 19.3 Å². The SMILES string of the molecule is CC#CCOc1ccc(C[C@H](NC(=O)[C@@H](C=CCCCCCCC(=O)CCCCCCC)[C@@](O)(CC(=O)O)C(=O)O)C(=O)OCC(=O)OC)cc1. The number of aliphatic carboxylic acids is 2. The summed E-state index contributed by atoms with van der Waals surface area (Å²) in [6.45, 7) is 3.21. The summed E-state index contributed by atoms with van der Waals surface area (Å²) in [4.78, 5) is 74.2. The number of benzene rings is 1. The van der Waals surface area contributed by atoms with Gasteiger partial charge in [-0.1, -0.05) is 75.7 Å². The Kier molecular flexibility index (Phi) is 22.0. The lowest BCUT2D eigenvalue weighted by Crippen LogP contribution is -2.55. The zero-order valence-corrected chi connectivity index (χ0v) is 29.9. The average Bonchev–Trinajstić information content (AvgIpc) is 3.09. The van der Waals surface area contributed by atoms with Gasteiger partial charge in [-0.25, -0.2) is 14.4 Å². The van der Waals surface area contributed by atoms with Gasteiger partial charge in [-0.05, 0) is 50.3 Å². The zero-order valence-electron chi connectivity index (χ0n) is 29.9. The number of methoxy groups -OCH3 is 1. The average molecular weight is 716 g/mol. The van der Waals surface area contributed by atoms with Gasteiger partial charge in [0.1, 0.15) is 24.2 Å². The first-order valence-corrected chi connectivity index (χ1v) is 17.4. The van der Waals surface area contributed by atoms with Crippen LogP contribution in [0.3, 0.4) is 0 Å². The molecule has 13 heteroatoms. The maximum Gasteiger partial charge on any atom is 0.344 e. The van der Waals surface area contributed by atoms with Crippen LogP contribution in [0.5, 0.6) is 5.75 Å². The van der Waals surface area contributed by atoms with Crippen molar-refractivity contribution in [2.45, 2.75) is 115 Å². The summed E-state index contributed by atoms with van der Waals surface area (Å²) in [5.41, 5.74) is -2.55. The van der Waals surface area contributed by atoms with Crippen LogP contribution < -0.4 is 10.1 Å². The lowest BCUT2D eigenvalue weighted by Gasteiger charge is -2.29. The highest BCUT2D eigenvalue weighted by molar-refractivity contribution is 5.95. The Morgan fingerprint density at radius 3 is 2.12 bits per heavy atom. The normalized spacial score (nSPS) is 13.2. The molecule has 0 saturated heterocycles. The molecule has 0 spiro atoms. The van der Waals surface area contributed by atoms with Crippen molar-refractivity contribution in [1.82, 2.24) is 5.32 Å². The molecule has 3 atom stereocenters. The quantitative estimate of drug-likeness (QED) is 0.0429. The summed E-state index contributed by atoms with van der Waals surface area (Å²) in [5, 5.41) is 32.7. The van der Waals surface area contributed by atoms with Gasteiger partial charge in [-0.15, -0.1) is 5.92 Å². The zero-order chi connectivity index (χ0) is 38.1. The number of aliphatic hydroxyl groups is 1. The summed E-state index contributed by atoms with van der Waals surface area (Å²) in [6, 6.07) is 4.97. The van der Waals surface area contributed by atoms with Crippen molar-refractivity contribution >= 4 is 35.6 Å². The number of carboxylic acid groups (broad SMARTS) is 2. The molecule has 0 radical (unpaired) electrons. The fourth-order valence-corrected chi connectivity index (χ4v) is 5.13. The lowest BCUT2D eigenvalue weighted by molar-refractivity contribution is -0.172. The molecule has 0 aliphatic carbocycles. The molecule has 1 rings (SSSR count). The fourth-order valence-electron chi connectivity index (χ4n) is 5.13. The Balaban J connectivity index is 3.04. The summed E-state index contributed by atoms with van der Waals surface area (Å²) < 4.78 is 15.0. The van der Waals surface area contributed by atoms with E-state index in [1.807, 2.05) is 0 Å². The molecule has 0 heterocycles. The molecule has 0 unspecified atom stereocenters. The van der Waals surface area contributed by atoms with Crippen LogP contribution >= 0.6 is 0 Å². The van der Waals surface area contributed by atoms with E-state index >= 15 is 0 Å². The van der Waals surface area contributed by atoms with Gasteiger partial charge in [0.2, 0.25) is 5.91 Å². The Bertz CT molecular complexity index is 1360. The molecule has 4 N–H and O–H groups in total. The van der Waals surface area contributed by atoms with E-state index in [0.717, 1.165) is 58.1 Å². The van der Waals surface area contributed by atoms with Crippen LogP contribution in [0, 0.1) is 17.8 Å². The summed E-state index contributed by atoms with van der Waals surface area (Å²) >= 11 is 0. The molecule has 0 aromatic heterocycles. The molecule has 0 fully saturated rings. The van der Waals surface area contributed by atoms with Gasteiger partial charge in [-0.3, -0.25) is 14.4 Å². The van der Waals surface area contributed by atoms with E-state index in [9.17, 15) is 44.1 Å². The van der Waals surface area contributed by atoms with Crippen molar-refractivity contribution in [2.24, 2.45) is 5.92 Å². The first-order valence-electron chi connectivity index (χ1n) is 17.4. The Hall–Kier alpha value is -4.70. The third-order valence-corrected chi connectivity index (χ3v) is 8.06. The van der Waals surface area contributed by atoms with Gasteiger partial charge >= 0.3 is 23.9 Å². The standard InChI is InChI=1S/C38H53NO12/c1-4-6-8-11-14-17-29(40)18-15-12-9-10-13-16-19-31(38(48,37(46)47)26-33(41)42)35(44)39-32(36(45)51-27-34(43)49-3)25-28-20-22-30(23-21-28)50-24-7-5-2/h16,19-23,31-32,48H,4,6,8-15,17-18,24-27H2,1-3H3,(H,39,44)(H,41,42)(H,46,47)/t31-,32+,38+/m1/s1.